The number of hydrogen-bond donors (Lipinski definition) is 2. The van der Waals surface area contributed by atoms with Crippen LogP contribution in [0.5, 0.6) is 0 Å². The predicted octanol–water partition coefficient (Wildman–Crippen LogP) is 2.79. The first-order valence-electron chi connectivity index (χ1n) is 10.7. The number of anilines is 1. The molecule has 1 saturated heterocycles. The van der Waals surface area contributed by atoms with Gasteiger partial charge in [0.1, 0.15) is 5.82 Å². The van der Waals surface area contributed by atoms with Crippen molar-refractivity contribution in [2.45, 2.75) is 33.9 Å². The maximum Gasteiger partial charge on any atom is 0.191 e. The number of nitrogens with one attached hydrogen (secondary N) is 2. The van der Waals surface area contributed by atoms with Crippen LogP contribution in [0.2, 0.25) is 0 Å². The zero-order valence-corrected chi connectivity index (χ0v) is 18.0. The van der Waals surface area contributed by atoms with Crippen molar-refractivity contribution >= 4 is 11.8 Å². The zero-order valence-electron chi connectivity index (χ0n) is 18.0. The van der Waals surface area contributed by atoms with Crippen LogP contribution in [0.1, 0.15) is 30.5 Å². The van der Waals surface area contributed by atoms with Gasteiger partial charge < -0.3 is 20.4 Å². The summed E-state index contributed by atoms with van der Waals surface area (Å²) in [6.45, 7) is 14.1. The molecule has 156 valence electrons. The minimum atomic E-state index is 0.633. The van der Waals surface area contributed by atoms with Gasteiger partial charge in [0.25, 0.3) is 0 Å². The molecule has 0 unspecified atom stereocenters. The van der Waals surface area contributed by atoms with E-state index in [1.165, 1.54) is 16.7 Å². The van der Waals surface area contributed by atoms with Gasteiger partial charge in [-0.2, -0.15) is 0 Å². The topological polar surface area (TPSA) is 55.8 Å². The molecule has 29 heavy (non-hydrogen) atoms. The third kappa shape index (κ3) is 6.46. The zero-order chi connectivity index (χ0) is 20.5. The fourth-order valence-electron chi connectivity index (χ4n) is 3.43. The van der Waals surface area contributed by atoms with Crippen LogP contribution >= 0.6 is 0 Å². The van der Waals surface area contributed by atoms with Crippen molar-refractivity contribution in [3.63, 3.8) is 0 Å². The second-order valence-corrected chi connectivity index (χ2v) is 7.48. The number of aryl methyl sites for hydroxylation is 1. The third-order valence-corrected chi connectivity index (χ3v) is 5.30. The molecule has 0 amide bonds. The van der Waals surface area contributed by atoms with Gasteiger partial charge in [0.2, 0.25) is 0 Å². The SMILES string of the molecule is CCNC(=NCc1ccnc(N2CCN(CC)CC2)c1)NCc1ccc(C)cc1. The Morgan fingerprint density at radius 3 is 2.45 bits per heavy atom. The first-order valence-corrected chi connectivity index (χ1v) is 10.7. The summed E-state index contributed by atoms with van der Waals surface area (Å²) >= 11 is 0. The molecular formula is C23H34N6. The van der Waals surface area contributed by atoms with Crippen LogP contribution in [0, 0.1) is 6.92 Å². The van der Waals surface area contributed by atoms with E-state index in [1.54, 1.807) is 0 Å². The molecule has 1 aromatic heterocycles. The van der Waals surface area contributed by atoms with Crippen LogP contribution in [0.25, 0.3) is 0 Å². The summed E-state index contributed by atoms with van der Waals surface area (Å²) in [5, 5.41) is 6.75. The van der Waals surface area contributed by atoms with Gasteiger partial charge in [0.05, 0.1) is 6.54 Å². The molecule has 1 aromatic carbocycles. The van der Waals surface area contributed by atoms with Crippen LogP contribution in [0.3, 0.4) is 0 Å². The lowest BCUT2D eigenvalue weighted by Crippen LogP contribution is -2.46. The minimum absolute atomic E-state index is 0.633. The molecule has 3 rings (SSSR count). The number of aliphatic imine (C=N–C) groups is 1. The van der Waals surface area contributed by atoms with Crippen LogP contribution in [0.4, 0.5) is 5.82 Å². The fourth-order valence-corrected chi connectivity index (χ4v) is 3.43. The Labute approximate surface area is 175 Å². The van der Waals surface area contributed by atoms with E-state index in [-0.39, 0.29) is 0 Å². The lowest BCUT2D eigenvalue weighted by molar-refractivity contribution is 0.270. The lowest BCUT2D eigenvalue weighted by Gasteiger charge is -2.34. The van der Waals surface area contributed by atoms with Crippen molar-refractivity contribution in [3.05, 3.63) is 59.3 Å². The fraction of sp³-hybridized carbons (Fsp3) is 0.478. The summed E-state index contributed by atoms with van der Waals surface area (Å²) in [6, 6.07) is 12.8. The molecule has 6 heteroatoms. The van der Waals surface area contributed by atoms with Gasteiger partial charge >= 0.3 is 0 Å². The summed E-state index contributed by atoms with van der Waals surface area (Å²) in [6.07, 6.45) is 1.90. The molecule has 0 atom stereocenters. The van der Waals surface area contributed by atoms with Gasteiger partial charge in [0, 0.05) is 45.5 Å². The molecular weight excluding hydrogens is 360 g/mol. The Morgan fingerprint density at radius 2 is 1.76 bits per heavy atom. The highest BCUT2D eigenvalue weighted by atomic mass is 15.3. The van der Waals surface area contributed by atoms with E-state index < -0.39 is 0 Å². The summed E-state index contributed by atoms with van der Waals surface area (Å²) < 4.78 is 0. The third-order valence-electron chi connectivity index (χ3n) is 5.30. The van der Waals surface area contributed by atoms with E-state index in [1.807, 2.05) is 6.20 Å². The van der Waals surface area contributed by atoms with E-state index in [0.717, 1.165) is 57.6 Å². The molecule has 1 aliphatic rings. The monoisotopic (exact) mass is 394 g/mol. The van der Waals surface area contributed by atoms with Gasteiger partial charge in [-0.1, -0.05) is 36.8 Å². The van der Waals surface area contributed by atoms with Crippen molar-refractivity contribution in [1.82, 2.24) is 20.5 Å². The van der Waals surface area contributed by atoms with Crippen molar-refractivity contribution < 1.29 is 0 Å². The number of nitrogens with zero attached hydrogens (tertiary/aromatic N) is 4. The molecule has 1 fully saturated rings. The van der Waals surface area contributed by atoms with Crippen LogP contribution in [0.15, 0.2) is 47.6 Å². The van der Waals surface area contributed by atoms with Gasteiger partial charge in [0.15, 0.2) is 5.96 Å². The summed E-state index contributed by atoms with van der Waals surface area (Å²) in [5.41, 5.74) is 3.71. The van der Waals surface area contributed by atoms with E-state index in [2.05, 4.69) is 82.6 Å². The number of piperazine rings is 1. The molecule has 0 saturated carbocycles. The number of rotatable bonds is 7. The first kappa shape index (κ1) is 21.1. The highest BCUT2D eigenvalue weighted by molar-refractivity contribution is 5.79. The standard InChI is InChI=1S/C23H34N6/c1-4-24-23(26-17-20-8-6-19(3)7-9-20)27-18-21-10-11-25-22(16-21)29-14-12-28(5-2)13-15-29/h6-11,16H,4-5,12-15,17-18H2,1-3H3,(H2,24,26,27). The van der Waals surface area contributed by atoms with Crippen LogP contribution in [-0.4, -0.2) is 55.1 Å². The normalized spacial score (nSPS) is 15.4. The average Bonchev–Trinajstić information content (AvgIpc) is 2.77. The Bertz CT molecular complexity index is 778. The largest absolute Gasteiger partial charge is 0.357 e. The van der Waals surface area contributed by atoms with Crippen molar-refractivity contribution in [2.75, 3.05) is 44.2 Å². The molecule has 6 nitrogen and oxygen atoms in total. The maximum atomic E-state index is 4.77. The molecule has 1 aliphatic heterocycles. The predicted molar refractivity (Wildman–Crippen MR) is 121 cm³/mol. The minimum Gasteiger partial charge on any atom is -0.357 e. The van der Waals surface area contributed by atoms with Crippen molar-refractivity contribution in [3.8, 4) is 0 Å². The van der Waals surface area contributed by atoms with Gasteiger partial charge in [-0.3, -0.25) is 0 Å². The van der Waals surface area contributed by atoms with Gasteiger partial charge in [-0.05, 0) is 43.7 Å². The van der Waals surface area contributed by atoms with Gasteiger partial charge in [-0.15, -0.1) is 0 Å². The number of benzene rings is 1. The van der Waals surface area contributed by atoms with E-state index in [9.17, 15) is 0 Å². The van der Waals surface area contributed by atoms with Crippen molar-refractivity contribution in [1.29, 1.82) is 0 Å². The Morgan fingerprint density at radius 1 is 1.00 bits per heavy atom. The molecule has 0 bridgehead atoms. The molecule has 2 heterocycles. The van der Waals surface area contributed by atoms with Crippen LogP contribution in [-0.2, 0) is 13.1 Å². The van der Waals surface area contributed by atoms with E-state index in [4.69, 9.17) is 4.99 Å². The Kier molecular flexibility index (Phi) is 7.87. The molecule has 0 spiro atoms. The van der Waals surface area contributed by atoms with Crippen LogP contribution < -0.4 is 15.5 Å². The maximum absolute atomic E-state index is 4.77. The molecule has 0 radical (unpaired) electrons. The van der Waals surface area contributed by atoms with Gasteiger partial charge in [-0.25, -0.2) is 9.98 Å². The summed E-state index contributed by atoms with van der Waals surface area (Å²) in [7, 11) is 0. The smallest absolute Gasteiger partial charge is 0.191 e. The quantitative estimate of drug-likeness (QED) is 0.559. The second-order valence-electron chi connectivity index (χ2n) is 7.48. The second kappa shape index (κ2) is 10.8. The van der Waals surface area contributed by atoms with E-state index in [0.29, 0.717) is 6.54 Å². The number of guanidine groups is 1. The van der Waals surface area contributed by atoms with Crippen molar-refractivity contribution in [2.24, 2.45) is 4.99 Å². The Balaban J connectivity index is 1.59. The number of hydrogen-bond acceptors (Lipinski definition) is 4. The highest BCUT2D eigenvalue weighted by Gasteiger charge is 2.16. The summed E-state index contributed by atoms with van der Waals surface area (Å²) in [5.74, 6) is 1.90. The highest BCUT2D eigenvalue weighted by Crippen LogP contribution is 2.15. The summed E-state index contributed by atoms with van der Waals surface area (Å²) in [4.78, 5) is 14.2. The first-order chi connectivity index (χ1) is 14.2. The number of likely N-dealkylation sites (N-methyl/N-ethyl adjacent to an activating group) is 1. The Hall–Kier alpha value is -2.60. The molecule has 0 aliphatic carbocycles. The molecule has 2 N–H and O–H groups in total. The average molecular weight is 395 g/mol. The number of pyridine rings is 1. The van der Waals surface area contributed by atoms with E-state index >= 15 is 0 Å². The number of aromatic nitrogens is 1. The molecule has 2 aromatic rings. The lowest BCUT2D eigenvalue weighted by atomic mass is 10.1.